The van der Waals surface area contributed by atoms with Crippen LogP contribution in [0.3, 0.4) is 0 Å². The average molecular weight is 626 g/mol. The lowest BCUT2D eigenvalue weighted by Crippen LogP contribution is -2.12. The fourth-order valence-corrected chi connectivity index (χ4v) is 8.81. The number of hydrogen-bond donors (Lipinski definition) is 0. The van der Waals surface area contributed by atoms with Crippen LogP contribution < -0.4 is 0 Å². The van der Waals surface area contributed by atoms with E-state index in [4.69, 9.17) is 15.0 Å². The van der Waals surface area contributed by atoms with Crippen molar-refractivity contribution in [3.8, 4) is 39.9 Å². The predicted molar refractivity (Wildman–Crippen MR) is 186 cm³/mol. The third-order valence-corrected chi connectivity index (χ3v) is 10.8. The maximum Gasteiger partial charge on any atom is 0.270 e. The number of aromatic nitrogens is 5. The molecule has 0 atom stereocenters. The minimum Gasteiger partial charge on any atom is -0.306 e. The summed E-state index contributed by atoms with van der Waals surface area (Å²) in [7, 11) is -3.95. The highest BCUT2D eigenvalue weighted by molar-refractivity contribution is 7.90. The van der Waals surface area contributed by atoms with Gasteiger partial charge in [-0.2, -0.15) is 0 Å². The molecule has 6 aromatic carbocycles. The number of hydrogen-bond acceptors (Lipinski definition) is 5. The SMILES string of the molecule is O=S1(=O)c2cccc3c4cc(-c5nc(-c6ccccc6)nc(-c6ccccc6)n5)ccc4n(c23)-c2cccc3c4ccccc4n1c23. The topological polar surface area (TPSA) is 82.7 Å². The van der Waals surface area contributed by atoms with E-state index in [0.717, 1.165) is 49.4 Å². The van der Waals surface area contributed by atoms with Crippen LogP contribution in [0.1, 0.15) is 0 Å². The number of fused-ring (bicyclic) bond motifs is 7. The molecule has 7 nitrogen and oxygen atoms in total. The molecular formula is C39H23N5O2S. The van der Waals surface area contributed by atoms with Crippen molar-refractivity contribution in [3.05, 3.63) is 140 Å². The Hall–Kier alpha value is -6.12. The molecule has 0 unspecified atom stereocenters. The summed E-state index contributed by atoms with van der Waals surface area (Å²) in [5.74, 6) is 1.71. The van der Waals surface area contributed by atoms with E-state index < -0.39 is 10.0 Å². The monoisotopic (exact) mass is 625 g/mol. The van der Waals surface area contributed by atoms with Crippen LogP contribution >= 0.6 is 0 Å². The molecule has 10 rings (SSSR count). The Bertz CT molecular complexity index is 2800. The third kappa shape index (κ3) is 3.61. The first kappa shape index (κ1) is 26.1. The van der Waals surface area contributed by atoms with E-state index in [2.05, 4.69) is 10.6 Å². The maximum absolute atomic E-state index is 14.6. The molecule has 0 fully saturated rings. The summed E-state index contributed by atoms with van der Waals surface area (Å²) in [6.07, 6.45) is 0. The molecule has 0 N–H and O–H groups in total. The molecular weight excluding hydrogens is 603 g/mol. The van der Waals surface area contributed by atoms with Crippen molar-refractivity contribution in [2.75, 3.05) is 0 Å². The molecule has 0 amide bonds. The molecule has 0 radical (unpaired) electrons. The zero-order chi connectivity index (χ0) is 31.3. The van der Waals surface area contributed by atoms with Gasteiger partial charge in [0.25, 0.3) is 10.0 Å². The van der Waals surface area contributed by atoms with Crippen molar-refractivity contribution in [2.45, 2.75) is 4.90 Å². The number of benzene rings is 6. The Morgan fingerprint density at radius 1 is 0.447 bits per heavy atom. The van der Waals surface area contributed by atoms with Crippen LogP contribution in [0.15, 0.2) is 144 Å². The van der Waals surface area contributed by atoms with Crippen LogP contribution in [0.25, 0.3) is 83.5 Å². The van der Waals surface area contributed by atoms with Crippen molar-refractivity contribution in [1.29, 1.82) is 0 Å². The van der Waals surface area contributed by atoms with Crippen molar-refractivity contribution in [2.24, 2.45) is 0 Å². The van der Waals surface area contributed by atoms with Gasteiger partial charge < -0.3 is 4.57 Å². The number of nitrogens with zero attached hydrogens (tertiary/aromatic N) is 5. The Morgan fingerprint density at radius 2 is 1.02 bits per heavy atom. The second kappa shape index (κ2) is 9.45. The highest BCUT2D eigenvalue weighted by atomic mass is 32.2. The Balaban J connectivity index is 1.28. The quantitative estimate of drug-likeness (QED) is 0.196. The van der Waals surface area contributed by atoms with Gasteiger partial charge in [-0.25, -0.2) is 27.3 Å². The van der Waals surface area contributed by atoms with Crippen molar-refractivity contribution < 1.29 is 8.42 Å². The summed E-state index contributed by atoms with van der Waals surface area (Å²) in [6, 6.07) is 45.2. The molecule has 9 aromatic rings. The van der Waals surface area contributed by atoms with Crippen LogP contribution in [-0.4, -0.2) is 31.9 Å². The summed E-state index contributed by atoms with van der Waals surface area (Å²) in [6.45, 7) is 0. The van der Waals surface area contributed by atoms with Crippen LogP contribution in [0, 0.1) is 0 Å². The van der Waals surface area contributed by atoms with Crippen LogP contribution in [0.4, 0.5) is 0 Å². The Morgan fingerprint density at radius 3 is 1.72 bits per heavy atom. The first-order chi connectivity index (χ1) is 23.1. The number of rotatable bonds is 3. The molecule has 0 saturated heterocycles. The van der Waals surface area contributed by atoms with E-state index in [9.17, 15) is 8.42 Å². The van der Waals surface area contributed by atoms with E-state index >= 15 is 0 Å². The van der Waals surface area contributed by atoms with Gasteiger partial charge in [0.05, 0.1) is 27.8 Å². The largest absolute Gasteiger partial charge is 0.306 e. The van der Waals surface area contributed by atoms with Crippen LogP contribution in [0.2, 0.25) is 0 Å². The molecule has 1 aliphatic heterocycles. The molecule has 0 saturated carbocycles. The molecule has 0 spiro atoms. The fourth-order valence-electron chi connectivity index (χ4n) is 7.06. The first-order valence-corrected chi connectivity index (χ1v) is 16.7. The van der Waals surface area contributed by atoms with Crippen molar-refractivity contribution in [1.82, 2.24) is 23.5 Å². The van der Waals surface area contributed by atoms with Gasteiger partial charge in [0, 0.05) is 38.2 Å². The van der Waals surface area contributed by atoms with Crippen molar-refractivity contribution >= 4 is 53.6 Å². The standard InChI is InChI=1S/C39H23N5O2S/c45-47(46)34-20-10-17-29-30-23-26(39-41-37(24-11-3-1-4-12-24)40-38(42-39)25-13-5-2-6-14-25)21-22-31(30)43(36(29)34)33-19-9-16-28-27-15-7-8-18-32(27)44(47)35(28)33/h1-23H. The van der Waals surface area contributed by atoms with Crippen LogP contribution in [-0.2, 0) is 10.0 Å². The van der Waals surface area contributed by atoms with Gasteiger partial charge in [0.15, 0.2) is 17.5 Å². The second-order valence-corrected chi connectivity index (χ2v) is 13.5. The van der Waals surface area contributed by atoms with Gasteiger partial charge in [-0.15, -0.1) is 0 Å². The highest BCUT2D eigenvalue weighted by Gasteiger charge is 2.33. The van der Waals surface area contributed by atoms with E-state index in [1.54, 1.807) is 6.07 Å². The minimum atomic E-state index is -3.95. The molecule has 222 valence electrons. The molecule has 0 bridgehead atoms. The Labute approximate surface area is 269 Å². The zero-order valence-corrected chi connectivity index (χ0v) is 25.6. The van der Waals surface area contributed by atoms with Gasteiger partial charge >= 0.3 is 0 Å². The van der Waals surface area contributed by atoms with Gasteiger partial charge in [-0.1, -0.05) is 103 Å². The second-order valence-electron chi connectivity index (χ2n) is 11.7. The van der Waals surface area contributed by atoms with Crippen LogP contribution in [0.5, 0.6) is 0 Å². The molecule has 8 heteroatoms. The molecule has 0 aliphatic carbocycles. The smallest absolute Gasteiger partial charge is 0.270 e. The van der Waals surface area contributed by atoms with E-state index in [0.29, 0.717) is 34.0 Å². The lowest BCUT2D eigenvalue weighted by atomic mass is 10.1. The normalized spacial score (nSPS) is 13.4. The minimum absolute atomic E-state index is 0.268. The zero-order valence-electron chi connectivity index (χ0n) is 24.7. The summed E-state index contributed by atoms with van der Waals surface area (Å²) in [4.78, 5) is 15.0. The molecule has 47 heavy (non-hydrogen) atoms. The van der Waals surface area contributed by atoms with Crippen molar-refractivity contribution in [3.63, 3.8) is 0 Å². The summed E-state index contributed by atoms with van der Waals surface area (Å²) in [5, 5.41) is 3.56. The van der Waals surface area contributed by atoms with E-state index in [1.165, 1.54) is 3.97 Å². The fraction of sp³-hybridized carbons (Fsp3) is 0. The van der Waals surface area contributed by atoms with E-state index in [1.807, 2.05) is 127 Å². The summed E-state index contributed by atoms with van der Waals surface area (Å²) >= 11 is 0. The molecule has 3 aromatic heterocycles. The molecule has 1 aliphatic rings. The van der Waals surface area contributed by atoms with Gasteiger partial charge in [0.1, 0.15) is 4.90 Å². The van der Waals surface area contributed by atoms with E-state index in [-0.39, 0.29) is 4.90 Å². The average Bonchev–Trinajstić information content (AvgIpc) is 3.63. The lowest BCUT2D eigenvalue weighted by Gasteiger charge is -2.10. The van der Waals surface area contributed by atoms with Gasteiger partial charge in [-0.3, -0.25) is 0 Å². The maximum atomic E-state index is 14.6. The molecule has 4 heterocycles. The first-order valence-electron chi connectivity index (χ1n) is 15.3. The third-order valence-electron chi connectivity index (χ3n) is 9.10. The number of para-hydroxylation sites is 3. The predicted octanol–water partition coefficient (Wildman–Crippen LogP) is 8.63. The summed E-state index contributed by atoms with van der Waals surface area (Å²) < 4.78 is 32.8. The Kier molecular flexibility index (Phi) is 5.25. The van der Waals surface area contributed by atoms with Gasteiger partial charge in [0.2, 0.25) is 0 Å². The highest BCUT2D eigenvalue weighted by Crippen LogP contribution is 2.45. The van der Waals surface area contributed by atoms with Gasteiger partial charge in [-0.05, 0) is 36.4 Å². The summed E-state index contributed by atoms with van der Waals surface area (Å²) in [5.41, 5.74) is 6.32. The lowest BCUT2D eigenvalue weighted by molar-refractivity contribution is 0.591.